The molecule has 0 spiro atoms. The Labute approximate surface area is 101 Å². The summed E-state index contributed by atoms with van der Waals surface area (Å²) in [5, 5.41) is 10.4. The molecule has 2 heterocycles. The number of anilines is 1. The van der Waals surface area contributed by atoms with Gasteiger partial charge >= 0.3 is 0 Å². The number of pyridine rings is 1. The summed E-state index contributed by atoms with van der Waals surface area (Å²) in [6.45, 7) is 4.47. The molecule has 1 saturated heterocycles. The SMILES string of the molecule is C[C@@H]1CCN(c2ccc3cc(O)ccc3n2)C1. The van der Waals surface area contributed by atoms with E-state index in [1.807, 2.05) is 18.2 Å². The fraction of sp³-hybridized carbons (Fsp3) is 0.357. The summed E-state index contributed by atoms with van der Waals surface area (Å²) in [5.74, 6) is 2.10. The summed E-state index contributed by atoms with van der Waals surface area (Å²) in [6, 6.07) is 9.37. The molecule has 0 radical (unpaired) electrons. The Morgan fingerprint density at radius 1 is 1.29 bits per heavy atom. The Bertz CT molecular complexity index is 553. The normalized spacial score (nSPS) is 20.1. The molecule has 88 valence electrons. The summed E-state index contributed by atoms with van der Waals surface area (Å²) in [4.78, 5) is 6.98. The maximum absolute atomic E-state index is 9.41. The lowest BCUT2D eigenvalue weighted by molar-refractivity contribution is 0.476. The molecule has 0 saturated carbocycles. The molecule has 3 rings (SSSR count). The van der Waals surface area contributed by atoms with Gasteiger partial charge in [0.1, 0.15) is 11.6 Å². The second-order valence-corrected chi connectivity index (χ2v) is 4.89. The van der Waals surface area contributed by atoms with Crippen LogP contribution in [0.5, 0.6) is 5.75 Å². The van der Waals surface area contributed by atoms with E-state index >= 15 is 0 Å². The second kappa shape index (κ2) is 3.91. The molecule has 2 aromatic rings. The molecule has 1 aromatic carbocycles. The highest BCUT2D eigenvalue weighted by atomic mass is 16.3. The van der Waals surface area contributed by atoms with E-state index in [-0.39, 0.29) is 0 Å². The lowest BCUT2D eigenvalue weighted by Gasteiger charge is -2.17. The van der Waals surface area contributed by atoms with Gasteiger partial charge in [-0.2, -0.15) is 0 Å². The van der Waals surface area contributed by atoms with Gasteiger partial charge in [0.15, 0.2) is 0 Å². The largest absolute Gasteiger partial charge is 0.508 e. The standard InChI is InChI=1S/C14H16N2O/c1-10-6-7-16(9-10)14-5-2-11-8-12(17)3-4-13(11)15-14/h2-5,8,10,17H,6-7,9H2,1H3/t10-/m1/s1. The van der Waals surface area contributed by atoms with E-state index in [2.05, 4.69) is 16.8 Å². The number of hydrogen-bond donors (Lipinski definition) is 1. The van der Waals surface area contributed by atoms with E-state index in [0.717, 1.165) is 35.7 Å². The monoisotopic (exact) mass is 228 g/mol. The van der Waals surface area contributed by atoms with Crippen LogP contribution in [0, 0.1) is 5.92 Å². The van der Waals surface area contributed by atoms with Crippen molar-refractivity contribution in [1.82, 2.24) is 4.98 Å². The highest BCUT2D eigenvalue weighted by molar-refractivity contribution is 5.81. The number of fused-ring (bicyclic) bond motifs is 1. The third-order valence-corrected chi connectivity index (χ3v) is 3.41. The highest BCUT2D eigenvalue weighted by Crippen LogP contribution is 2.25. The van der Waals surface area contributed by atoms with Crippen LogP contribution in [0.4, 0.5) is 5.82 Å². The third kappa shape index (κ3) is 1.93. The summed E-state index contributed by atoms with van der Waals surface area (Å²) in [6.07, 6.45) is 1.25. The number of hydrogen-bond acceptors (Lipinski definition) is 3. The molecule has 17 heavy (non-hydrogen) atoms. The van der Waals surface area contributed by atoms with Gasteiger partial charge in [0.05, 0.1) is 5.52 Å². The number of aromatic hydroxyl groups is 1. The Kier molecular flexibility index (Phi) is 2.39. The first-order valence-corrected chi connectivity index (χ1v) is 6.07. The summed E-state index contributed by atoms with van der Waals surface area (Å²) < 4.78 is 0. The van der Waals surface area contributed by atoms with Gasteiger partial charge in [-0.05, 0) is 42.7 Å². The van der Waals surface area contributed by atoms with Gasteiger partial charge in [-0.1, -0.05) is 6.92 Å². The van der Waals surface area contributed by atoms with Crippen molar-refractivity contribution in [3.63, 3.8) is 0 Å². The van der Waals surface area contributed by atoms with Crippen LogP contribution >= 0.6 is 0 Å². The van der Waals surface area contributed by atoms with Crippen LogP contribution in [-0.2, 0) is 0 Å². The number of rotatable bonds is 1. The molecule has 0 amide bonds. The molecule has 0 unspecified atom stereocenters. The van der Waals surface area contributed by atoms with Gasteiger partial charge in [0.25, 0.3) is 0 Å². The minimum Gasteiger partial charge on any atom is -0.508 e. The van der Waals surface area contributed by atoms with Crippen LogP contribution in [0.3, 0.4) is 0 Å². The quantitative estimate of drug-likeness (QED) is 0.815. The van der Waals surface area contributed by atoms with Crippen LogP contribution in [0.15, 0.2) is 30.3 Å². The van der Waals surface area contributed by atoms with Crippen LogP contribution < -0.4 is 4.90 Å². The fourth-order valence-corrected chi connectivity index (χ4v) is 2.42. The smallest absolute Gasteiger partial charge is 0.129 e. The van der Waals surface area contributed by atoms with Gasteiger partial charge in [-0.3, -0.25) is 0 Å². The molecule has 3 nitrogen and oxygen atoms in total. The molecule has 1 aliphatic rings. The molecule has 3 heteroatoms. The van der Waals surface area contributed by atoms with E-state index in [4.69, 9.17) is 0 Å². The Hall–Kier alpha value is -1.77. The number of aromatic nitrogens is 1. The first-order chi connectivity index (χ1) is 8.22. The van der Waals surface area contributed by atoms with E-state index < -0.39 is 0 Å². The first-order valence-electron chi connectivity index (χ1n) is 6.07. The number of benzene rings is 1. The second-order valence-electron chi connectivity index (χ2n) is 4.89. The van der Waals surface area contributed by atoms with Crippen LogP contribution in [-0.4, -0.2) is 23.2 Å². The average Bonchev–Trinajstić information content (AvgIpc) is 2.75. The van der Waals surface area contributed by atoms with E-state index in [1.165, 1.54) is 6.42 Å². The number of nitrogens with zero attached hydrogens (tertiary/aromatic N) is 2. The maximum atomic E-state index is 9.41. The lowest BCUT2D eigenvalue weighted by atomic mass is 10.2. The van der Waals surface area contributed by atoms with Crippen molar-refractivity contribution >= 4 is 16.7 Å². The molecule has 0 bridgehead atoms. The predicted molar refractivity (Wildman–Crippen MR) is 69.4 cm³/mol. The Morgan fingerprint density at radius 3 is 2.94 bits per heavy atom. The van der Waals surface area contributed by atoms with Crippen LogP contribution in [0.25, 0.3) is 10.9 Å². The van der Waals surface area contributed by atoms with Gasteiger partial charge in [-0.25, -0.2) is 4.98 Å². The minimum atomic E-state index is 0.293. The average molecular weight is 228 g/mol. The minimum absolute atomic E-state index is 0.293. The molecule has 1 aliphatic heterocycles. The van der Waals surface area contributed by atoms with Crippen LogP contribution in [0.1, 0.15) is 13.3 Å². The molecular weight excluding hydrogens is 212 g/mol. The van der Waals surface area contributed by atoms with Crippen molar-refractivity contribution in [3.8, 4) is 5.75 Å². The summed E-state index contributed by atoms with van der Waals surface area (Å²) in [7, 11) is 0. The van der Waals surface area contributed by atoms with Crippen molar-refractivity contribution in [3.05, 3.63) is 30.3 Å². The first kappa shape index (κ1) is 10.4. The lowest BCUT2D eigenvalue weighted by Crippen LogP contribution is -2.20. The zero-order valence-electron chi connectivity index (χ0n) is 9.93. The van der Waals surface area contributed by atoms with Gasteiger partial charge in [0, 0.05) is 18.5 Å². The van der Waals surface area contributed by atoms with Crippen molar-refractivity contribution in [2.45, 2.75) is 13.3 Å². The molecular formula is C14H16N2O. The number of phenols is 1. The topological polar surface area (TPSA) is 36.4 Å². The Morgan fingerprint density at radius 2 is 2.18 bits per heavy atom. The Balaban J connectivity index is 1.99. The van der Waals surface area contributed by atoms with Gasteiger partial charge < -0.3 is 10.0 Å². The molecule has 0 aliphatic carbocycles. The molecule has 1 atom stereocenters. The molecule has 1 N–H and O–H groups in total. The van der Waals surface area contributed by atoms with Crippen molar-refractivity contribution in [1.29, 1.82) is 0 Å². The van der Waals surface area contributed by atoms with Crippen LogP contribution in [0.2, 0.25) is 0 Å². The van der Waals surface area contributed by atoms with E-state index in [0.29, 0.717) is 5.75 Å². The van der Waals surface area contributed by atoms with E-state index in [1.54, 1.807) is 12.1 Å². The zero-order valence-corrected chi connectivity index (χ0v) is 9.93. The highest BCUT2D eigenvalue weighted by Gasteiger charge is 2.19. The molecule has 1 fully saturated rings. The third-order valence-electron chi connectivity index (χ3n) is 3.41. The van der Waals surface area contributed by atoms with E-state index in [9.17, 15) is 5.11 Å². The van der Waals surface area contributed by atoms with Crippen molar-refractivity contribution < 1.29 is 5.11 Å². The maximum Gasteiger partial charge on any atom is 0.129 e. The number of phenolic OH excluding ortho intramolecular Hbond substituents is 1. The predicted octanol–water partition coefficient (Wildman–Crippen LogP) is 2.79. The van der Waals surface area contributed by atoms with Crippen molar-refractivity contribution in [2.24, 2.45) is 5.92 Å². The van der Waals surface area contributed by atoms with Crippen molar-refractivity contribution in [2.75, 3.05) is 18.0 Å². The van der Waals surface area contributed by atoms with Gasteiger partial charge in [-0.15, -0.1) is 0 Å². The summed E-state index contributed by atoms with van der Waals surface area (Å²) >= 11 is 0. The molecule has 1 aromatic heterocycles. The van der Waals surface area contributed by atoms with Gasteiger partial charge in [0.2, 0.25) is 0 Å². The fourth-order valence-electron chi connectivity index (χ4n) is 2.42. The zero-order chi connectivity index (χ0) is 11.8. The summed E-state index contributed by atoms with van der Waals surface area (Å²) in [5.41, 5.74) is 0.944.